The lowest BCUT2D eigenvalue weighted by molar-refractivity contribution is -0.0963. The average molecular weight is 580 g/mol. The van der Waals surface area contributed by atoms with Gasteiger partial charge in [0, 0.05) is 63.3 Å². The number of hydrogen-bond donors (Lipinski definition) is 2. The van der Waals surface area contributed by atoms with E-state index in [9.17, 15) is 18.3 Å². The molecule has 6 aliphatic rings. The van der Waals surface area contributed by atoms with E-state index in [4.69, 9.17) is 0 Å². The predicted molar refractivity (Wildman–Crippen MR) is 161 cm³/mol. The van der Waals surface area contributed by atoms with Crippen molar-refractivity contribution in [2.24, 2.45) is 23.2 Å². The Kier molecular flexibility index (Phi) is 6.71. The molecule has 0 aromatic heterocycles. The van der Waals surface area contributed by atoms with Crippen LogP contribution in [-0.2, 0) is 10.0 Å². The molecule has 2 unspecified atom stereocenters. The third-order valence-corrected chi connectivity index (χ3v) is 11.8. The number of amides is 2. The molecule has 2 amide bonds. The van der Waals surface area contributed by atoms with Gasteiger partial charge in [0.2, 0.25) is 10.0 Å². The van der Waals surface area contributed by atoms with E-state index in [0.29, 0.717) is 57.0 Å². The molecule has 2 aromatic rings. The number of aliphatic hydroxyl groups is 1. The first-order valence-electron chi connectivity index (χ1n) is 15.1. The molecule has 4 saturated carbocycles. The summed E-state index contributed by atoms with van der Waals surface area (Å²) in [6.45, 7) is 3.94. The van der Waals surface area contributed by atoms with Crippen molar-refractivity contribution in [2.45, 2.75) is 38.1 Å². The Morgan fingerprint density at radius 3 is 2.15 bits per heavy atom. The molecule has 2 N–H and O–H groups in total. The van der Waals surface area contributed by atoms with Crippen LogP contribution in [0.25, 0.3) is 0 Å². The van der Waals surface area contributed by atoms with E-state index in [1.165, 1.54) is 19.1 Å². The molecule has 4 bridgehead atoms. The lowest BCUT2D eigenvalue weighted by atomic mass is 9.48. The maximum absolute atomic E-state index is 13.8. The van der Waals surface area contributed by atoms with Gasteiger partial charge in [-0.1, -0.05) is 12.1 Å². The second kappa shape index (κ2) is 10.2. The summed E-state index contributed by atoms with van der Waals surface area (Å²) >= 11 is 0. The number of nitrogens with zero attached hydrogens (tertiary/aromatic N) is 4. The molecule has 1 saturated heterocycles. The van der Waals surface area contributed by atoms with Gasteiger partial charge >= 0.3 is 6.03 Å². The summed E-state index contributed by atoms with van der Waals surface area (Å²) in [5.74, 6) is 1.66. The van der Waals surface area contributed by atoms with E-state index >= 15 is 0 Å². The fourth-order valence-corrected chi connectivity index (χ4v) is 9.63. The zero-order valence-electron chi connectivity index (χ0n) is 23.8. The molecule has 10 heteroatoms. The normalized spacial score (nSPS) is 31.3. The van der Waals surface area contributed by atoms with Gasteiger partial charge in [-0.05, 0) is 91.7 Å². The standard InChI is InChI=1S/C31H41N5O4S/c1-41(39,40)34-12-10-33(11-13-34)25-6-8-26(9-7-25)35-14-15-36(28-5-3-2-4-27(28)35)30(38)32-29-23-16-22-17-24(29)20-31(18-22,19-23)21-37/h2-9,22-24,29,37H,10-21H2,1H3,(H,32,38)/t22?,23?,24?,29-,31+. The topological polar surface area (TPSA) is 96.4 Å². The van der Waals surface area contributed by atoms with Crippen LogP contribution in [0.4, 0.5) is 27.5 Å². The van der Waals surface area contributed by atoms with Crippen LogP contribution in [0.3, 0.4) is 0 Å². The Labute approximate surface area is 243 Å². The van der Waals surface area contributed by atoms with Crippen LogP contribution < -0.4 is 20.0 Å². The summed E-state index contributed by atoms with van der Waals surface area (Å²) < 4.78 is 25.3. The maximum atomic E-state index is 13.8. The third-order valence-electron chi connectivity index (χ3n) is 10.5. The Balaban J connectivity index is 1.04. The minimum Gasteiger partial charge on any atom is -0.396 e. The van der Waals surface area contributed by atoms with Crippen LogP contribution >= 0.6 is 0 Å². The van der Waals surface area contributed by atoms with Crippen LogP contribution in [0.1, 0.15) is 32.1 Å². The lowest BCUT2D eigenvalue weighted by Gasteiger charge is -2.59. The van der Waals surface area contributed by atoms with E-state index in [1.54, 1.807) is 4.31 Å². The van der Waals surface area contributed by atoms with Gasteiger partial charge in [-0.25, -0.2) is 13.2 Å². The van der Waals surface area contributed by atoms with Crippen molar-refractivity contribution < 1.29 is 18.3 Å². The van der Waals surface area contributed by atoms with E-state index in [-0.39, 0.29) is 24.1 Å². The van der Waals surface area contributed by atoms with Gasteiger partial charge in [0.25, 0.3) is 0 Å². The van der Waals surface area contributed by atoms with E-state index in [0.717, 1.165) is 42.0 Å². The smallest absolute Gasteiger partial charge is 0.322 e. The van der Waals surface area contributed by atoms with Gasteiger partial charge in [-0.3, -0.25) is 4.90 Å². The number of para-hydroxylation sites is 2. The van der Waals surface area contributed by atoms with Crippen molar-refractivity contribution in [2.75, 3.05) is 66.8 Å². The summed E-state index contributed by atoms with van der Waals surface area (Å²) in [6.07, 6.45) is 6.86. The minimum absolute atomic E-state index is 0.00351. The minimum atomic E-state index is -3.15. The number of fused-ring (bicyclic) bond motifs is 1. The molecular formula is C31H41N5O4S. The van der Waals surface area contributed by atoms with E-state index in [2.05, 4.69) is 45.4 Å². The largest absolute Gasteiger partial charge is 0.396 e. The summed E-state index contributed by atoms with van der Waals surface area (Å²) in [4.78, 5) is 20.2. The van der Waals surface area contributed by atoms with Crippen molar-refractivity contribution >= 4 is 38.8 Å². The molecule has 2 heterocycles. The molecule has 41 heavy (non-hydrogen) atoms. The number of anilines is 4. The predicted octanol–water partition coefficient (Wildman–Crippen LogP) is 3.62. The fraction of sp³-hybridized carbons (Fsp3) is 0.581. The molecule has 9 nitrogen and oxygen atoms in total. The highest BCUT2D eigenvalue weighted by Gasteiger charge is 2.55. The Bertz CT molecular complexity index is 1390. The van der Waals surface area contributed by atoms with Crippen molar-refractivity contribution in [1.82, 2.24) is 9.62 Å². The monoisotopic (exact) mass is 579 g/mol. The Hall–Kier alpha value is -2.82. The number of urea groups is 1. The zero-order valence-corrected chi connectivity index (χ0v) is 24.6. The summed E-state index contributed by atoms with van der Waals surface area (Å²) in [7, 11) is -3.15. The number of piperazine rings is 1. The van der Waals surface area contributed by atoms with Crippen molar-refractivity contribution in [1.29, 1.82) is 0 Å². The molecule has 8 rings (SSSR count). The molecule has 0 spiro atoms. The summed E-state index contributed by atoms with van der Waals surface area (Å²) in [5.41, 5.74) is 4.20. The first kappa shape index (κ1) is 27.0. The van der Waals surface area contributed by atoms with Crippen molar-refractivity contribution in [3.8, 4) is 0 Å². The Morgan fingerprint density at radius 1 is 0.878 bits per heavy atom. The molecule has 0 radical (unpaired) electrons. The van der Waals surface area contributed by atoms with Gasteiger partial charge < -0.3 is 20.2 Å². The Morgan fingerprint density at radius 2 is 1.51 bits per heavy atom. The second-order valence-electron chi connectivity index (χ2n) is 13.1. The number of rotatable bonds is 5. The first-order chi connectivity index (χ1) is 19.7. The lowest BCUT2D eigenvalue weighted by Crippen LogP contribution is -2.62. The van der Waals surface area contributed by atoms with E-state index < -0.39 is 10.0 Å². The second-order valence-corrected chi connectivity index (χ2v) is 15.0. The number of hydrogen-bond acceptors (Lipinski definition) is 6. The van der Waals surface area contributed by atoms with Gasteiger partial charge in [-0.2, -0.15) is 4.31 Å². The number of aliphatic hydroxyl groups excluding tert-OH is 1. The quantitative estimate of drug-likeness (QED) is 0.562. The van der Waals surface area contributed by atoms with Gasteiger partial charge in [0.05, 0.1) is 17.6 Å². The molecule has 4 aliphatic carbocycles. The molecule has 2 atom stereocenters. The van der Waals surface area contributed by atoms with Gasteiger partial charge in [0.1, 0.15) is 0 Å². The van der Waals surface area contributed by atoms with Crippen LogP contribution in [0.2, 0.25) is 0 Å². The third kappa shape index (κ3) is 4.87. The van der Waals surface area contributed by atoms with Crippen LogP contribution in [0.5, 0.6) is 0 Å². The van der Waals surface area contributed by atoms with Gasteiger partial charge in [0.15, 0.2) is 0 Å². The number of carbonyl (C=O) groups excluding carboxylic acids is 1. The molecule has 2 aromatic carbocycles. The highest BCUT2D eigenvalue weighted by Crippen LogP contribution is 2.59. The van der Waals surface area contributed by atoms with E-state index in [1.807, 2.05) is 23.1 Å². The average Bonchev–Trinajstić information content (AvgIpc) is 2.98. The molecular weight excluding hydrogens is 538 g/mol. The number of sulfonamides is 1. The van der Waals surface area contributed by atoms with Gasteiger partial charge in [-0.15, -0.1) is 0 Å². The fourth-order valence-electron chi connectivity index (χ4n) is 8.80. The SMILES string of the molecule is CS(=O)(=O)N1CCN(c2ccc(N3CCN(C(=O)N[C@H]4C5CC6CC4C[C@@](CO)(C6)C5)c4ccccc43)cc2)CC1. The summed E-state index contributed by atoms with van der Waals surface area (Å²) in [5, 5.41) is 13.6. The van der Waals surface area contributed by atoms with Crippen molar-refractivity contribution in [3.63, 3.8) is 0 Å². The van der Waals surface area contributed by atoms with Crippen LogP contribution in [-0.4, -0.2) is 82.0 Å². The zero-order chi connectivity index (χ0) is 28.4. The molecule has 2 aliphatic heterocycles. The number of benzene rings is 2. The highest BCUT2D eigenvalue weighted by atomic mass is 32.2. The maximum Gasteiger partial charge on any atom is 0.322 e. The van der Waals surface area contributed by atoms with Crippen LogP contribution in [0, 0.1) is 23.2 Å². The molecule has 5 fully saturated rings. The van der Waals surface area contributed by atoms with Crippen molar-refractivity contribution in [3.05, 3.63) is 48.5 Å². The summed E-state index contributed by atoms with van der Waals surface area (Å²) in [6, 6.07) is 16.8. The number of nitrogens with one attached hydrogen (secondary N) is 1. The molecule has 220 valence electrons. The van der Waals surface area contributed by atoms with Crippen LogP contribution in [0.15, 0.2) is 48.5 Å². The first-order valence-corrected chi connectivity index (χ1v) is 16.9. The highest BCUT2D eigenvalue weighted by molar-refractivity contribution is 7.88. The number of carbonyl (C=O) groups is 1.